The lowest BCUT2D eigenvalue weighted by atomic mass is 10.1. The number of hydrogen-bond acceptors (Lipinski definition) is 3. The molecule has 5 heteroatoms. The monoisotopic (exact) mass is 268 g/mol. The average Bonchev–Trinajstić information content (AvgIpc) is 2.61. The second kappa shape index (κ2) is 3.66. The van der Waals surface area contributed by atoms with Crippen LogP contribution in [0.25, 0.3) is 11.0 Å². The SMILES string of the molecule is COC(=O)c1cnc2[nH]cc(Br)c2c1C. The van der Waals surface area contributed by atoms with E-state index in [2.05, 4.69) is 30.6 Å². The number of aromatic nitrogens is 2. The standard InChI is InChI=1S/C10H9BrN2O2/c1-5-6(10(14)15-2)3-12-9-8(5)7(11)4-13-9/h3-4H,1-2H3,(H,12,13). The van der Waals surface area contributed by atoms with Gasteiger partial charge in [-0.3, -0.25) is 0 Å². The van der Waals surface area contributed by atoms with E-state index in [1.54, 1.807) is 6.20 Å². The first-order valence-electron chi connectivity index (χ1n) is 4.35. The summed E-state index contributed by atoms with van der Waals surface area (Å²) < 4.78 is 5.57. The van der Waals surface area contributed by atoms with Crippen LogP contribution in [0, 0.1) is 6.92 Å². The summed E-state index contributed by atoms with van der Waals surface area (Å²) in [5.74, 6) is -0.366. The Morgan fingerprint density at radius 1 is 1.60 bits per heavy atom. The fraction of sp³-hybridized carbons (Fsp3) is 0.200. The zero-order chi connectivity index (χ0) is 11.0. The van der Waals surface area contributed by atoms with E-state index in [-0.39, 0.29) is 5.97 Å². The number of esters is 1. The van der Waals surface area contributed by atoms with Gasteiger partial charge in [-0.2, -0.15) is 0 Å². The van der Waals surface area contributed by atoms with Crippen LogP contribution in [0.3, 0.4) is 0 Å². The highest BCUT2D eigenvalue weighted by molar-refractivity contribution is 9.10. The van der Waals surface area contributed by atoms with Crippen LogP contribution in [0.15, 0.2) is 16.9 Å². The van der Waals surface area contributed by atoms with Gasteiger partial charge in [0.2, 0.25) is 0 Å². The molecule has 1 N–H and O–H groups in total. The molecule has 0 aliphatic carbocycles. The summed E-state index contributed by atoms with van der Waals surface area (Å²) >= 11 is 3.40. The number of pyridine rings is 1. The Balaban J connectivity index is 2.74. The van der Waals surface area contributed by atoms with Gasteiger partial charge in [0.1, 0.15) is 5.65 Å². The molecule has 0 spiro atoms. The van der Waals surface area contributed by atoms with Gasteiger partial charge in [0, 0.05) is 22.3 Å². The number of hydrogen-bond donors (Lipinski definition) is 1. The maximum absolute atomic E-state index is 11.4. The summed E-state index contributed by atoms with van der Waals surface area (Å²) in [6.45, 7) is 1.87. The number of carbonyl (C=O) groups excluding carboxylic acids is 1. The Morgan fingerprint density at radius 3 is 3.00 bits per heavy atom. The summed E-state index contributed by atoms with van der Waals surface area (Å²) in [7, 11) is 1.36. The number of H-pyrrole nitrogens is 1. The number of aromatic amines is 1. The molecule has 0 atom stereocenters. The topological polar surface area (TPSA) is 55.0 Å². The van der Waals surface area contributed by atoms with Crippen LogP contribution in [0.5, 0.6) is 0 Å². The first-order valence-corrected chi connectivity index (χ1v) is 5.15. The summed E-state index contributed by atoms with van der Waals surface area (Å²) in [6.07, 6.45) is 3.32. The van der Waals surface area contributed by atoms with Crippen molar-refractivity contribution < 1.29 is 9.53 Å². The Bertz CT molecular complexity index is 533. The number of carbonyl (C=O) groups is 1. The fourth-order valence-corrected chi connectivity index (χ4v) is 2.12. The average molecular weight is 269 g/mol. The molecule has 0 bridgehead atoms. The molecule has 0 fully saturated rings. The van der Waals surface area contributed by atoms with Crippen LogP contribution in [-0.4, -0.2) is 23.0 Å². The first kappa shape index (κ1) is 10.2. The molecule has 78 valence electrons. The molecule has 0 aliphatic heterocycles. The van der Waals surface area contributed by atoms with Crippen LogP contribution in [-0.2, 0) is 4.74 Å². The first-order chi connectivity index (χ1) is 7.15. The second-order valence-electron chi connectivity index (χ2n) is 3.15. The molecule has 0 aliphatic rings. The molecule has 0 amide bonds. The molecule has 0 saturated heterocycles. The predicted molar refractivity (Wildman–Crippen MR) is 59.9 cm³/mol. The predicted octanol–water partition coefficient (Wildman–Crippen LogP) is 2.42. The van der Waals surface area contributed by atoms with Crippen molar-refractivity contribution in [3.05, 3.63) is 28.0 Å². The number of rotatable bonds is 1. The fourth-order valence-electron chi connectivity index (χ4n) is 1.52. The Kier molecular flexibility index (Phi) is 2.48. The largest absolute Gasteiger partial charge is 0.465 e. The highest BCUT2D eigenvalue weighted by atomic mass is 79.9. The lowest BCUT2D eigenvalue weighted by molar-refractivity contribution is 0.0599. The van der Waals surface area contributed by atoms with E-state index in [1.807, 2.05) is 6.92 Å². The molecule has 0 aromatic carbocycles. The van der Waals surface area contributed by atoms with Crippen molar-refractivity contribution in [1.29, 1.82) is 0 Å². The van der Waals surface area contributed by atoms with E-state index in [4.69, 9.17) is 0 Å². The molecule has 2 rings (SSSR count). The maximum atomic E-state index is 11.4. The second-order valence-corrected chi connectivity index (χ2v) is 4.00. The maximum Gasteiger partial charge on any atom is 0.339 e. The molecule has 0 radical (unpaired) electrons. The number of halogens is 1. The van der Waals surface area contributed by atoms with Crippen LogP contribution in [0.1, 0.15) is 15.9 Å². The molecule has 2 heterocycles. The van der Waals surface area contributed by atoms with E-state index in [0.29, 0.717) is 5.56 Å². The quantitative estimate of drug-likeness (QED) is 0.809. The van der Waals surface area contributed by atoms with Crippen LogP contribution in [0.4, 0.5) is 0 Å². The number of aryl methyl sites for hydroxylation is 1. The number of methoxy groups -OCH3 is 1. The van der Waals surface area contributed by atoms with Crippen LogP contribution >= 0.6 is 15.9 Å². The minimum Gasteiger partial charge on any atom is -0.465 e. The summed E-state index contributed by atoms with van der Waals surface area (Å²) in [4.78, 5) is 18.6. The van der Waals surface area contributed by atoms with Crippen molar-refractivity contribution in [1.82, 2.24) is 9.97 Å². The van der Waals surface area contributed by atoms with Crippen molar-refractivity contribution in [3.63, 3.8) is 0 Å². The zero-order valence-corrected chi connectivity index (χ0v) is 9.88. The lowest BCUT2D eigenvalue weighted by Gasteiger charge is -2.04. The molecule has 0 saturated carbocycles. The third-order valence-electron chi connectivity index (χ3n) is 2.32. The van der Waals surface area contributed by atoms with Crippen molar-refractivity contribution >= 4 is 32.9 Å². The zero-order valence-electron chi connectivity index (χ0n) is 8.30. The van der Waals surface area contributed by atoms with E-state index in [1.165, 1.54) is 13.3 Å². The molecular weight excluding hydrogens is 260 g/mol. The van der Waals surface area contributed by atoms with Crippen LogP contribution in [0.2, 0.25) is 0 Å². The number of fused-ring (bicyclic) bond motifs is 1. The van der Waals surface area contributed by atoms with Gasteiger partial charge in [0.15, 0.2) is 0 Å². The van der Waals surface area contributed by atoms with Crippen molar-refractivity contribution in [2.75, 3.05) is 7.11 Å². The van der Waals surface area contributed by atoms with Gasteiger partial charge < -0.3 is 9.72 Å². The highest BCUT2D eigenvalue weighted by Crippen LogP contribution is 2.27. The third kappa shape index (κ3) is 1.52. The van der Waals surface area contributed by atoms with E-state index in [9.17, 15) is 4.79 Å². The van der Waals surface area contributed by atoms with Gasteiger partial charge in [-0.1, -0.05) is 0 Å². The van der Waals surface area contributed by atoms with E-state index in [0.717, 1.165) is 21.1 Å². The molecule has 0 unspecified atom stereocenters. The van der Waals surface area contributed by atoms with E-state index >= 15 is 0 Å². The molecule has 15 heavy (non-hydrogen) atoms. The van der Waals surface area contributed by atoms with Gasteiger partial charge in [-0.25, -0.2) is 9.78 Å². The Morgan fingerprint density at radius 2 is 2.33 bits per heavy atom. The molecule has 2 aromatic rings. The normalized spacial score (nSPS) is 10.6. The van der Waals surface area contributed by atoms with Gasteiger partial charge in [0.05, 0.1) is 12.7 Å². The third-order valence-corrected chi connectivity index (χ3v) is 2.94. The van der Waals surface area contributed by atoms with Gasteiger partial charge in [-0.15, -0.1) is 0 Å². The number of ether oxygens (including phenoxy) is 1. The Hall–Kier alpha value is -1.36. The van der Waals surface area contributed by atoms with Gasteiger partial charge in [-0.05, 0) is 28.4 Å². The van der Waals surface area contributed by atoms with Gasteiger partial charge >= 0.3 is 5.97 Å². The Labute approximate surface area is 94.8 Å². The van der Waals surface area contributed by atoms with E-state index < -0.39 is 0 Å². The number of nitrogens with zero attached hydrogens (tertiary/aromatic N) is 1. The minimum absolute atomic E-state index is 0.366. The summed E-state index contributed by atoms with van der Waals surface area (Å²) in [6, 6.07) is 0. The summed E-state index contributed by atoms with van der Waals surface area (Å²) in [5, 5.41) is 0.915. The molecular formula is C10H9BrN2O2. The summed E-state index contributed by atoms with van der Waals surface area (Å²) in [5.41, 5.74) is 2.11. The van der Waals surface area contributed by atoms with Gasteiger partial charge in [0.25, 0.3) is 0 Å². The van der Waals surface area contributed by atoms with Crippen LogP contribution < -0.4 is 0 Å². The number of nitrogens with one attached hydrogen (secondary N) is 1. The lowest BCUT2D eigenvalue weighted by Crippen LogP contribution is -2.04. The smallest absolute Gasteiger partial charge is 0.339 e. The molecule has 4 nitrogen and oxygen atoms in total. The van der Waals surface area contributed by atoms with Crippen molar-refractivity contribution in [3.8, 4) is 0 Å². The minimum atomic E-state index is -0.366. The highest BCUT2D eigenvalue weighted by Gasteiger charge is 2.14. The van der Waals surface area contributed by atoms with Crippen molar-refractivity contribution in [2.45, 2.75) is 6.92 Å². The van der Waals surface area contributed by atoms with Crippen molar-refractivity contribution in [2.24, 2.45) is 0 Å². The molecule has 2 aromatic heterocycles.